The first-order valence-corrected chi connectivity index (χ1v) is 5.80. The highest BCUT2D eigenvalue weighted by Gasteiger charge is 2.12. The van der Waals surface area contributed by atoms with Crippen LogP contribution in [-0.4, -0.2) is 21.0 Å². The highest BCUT2D eigenvalue weighted by molar-refractivity contribution is 5.88. The van der Waals surface area contributed by atoms with Gasteiger partial charge >= 0.3 is 5.97 Å². The molecule has 0 bridgehead atoms. The maximum absolute atomic E-state index is 11.0. The Labute approximate surface area is 110 Å². The Kier molecular flexibility index (Phi) is 3.75. The Balaban J connectivity index is 2.17. The van der Waals surface area contributed by atoms with E-state index in [1.807, 2.05) is 32.0 Å². The van der Waals surface area contributed by atoms with E-state index < -0.39 is 5.97 Å². The first kappa shape index (κ1) is 13.0. The van der Waals surface area contributed by atoms with Crippen LogP contribution >= 0.6 is 0 Å². The normalized spacial score (nSPS) is 10.2. The van der Waals surface area contributed by atoms with Crippen molar-refractivity contribution < 1.29 is 14.6 Å². The van der Waals surface area contributed by atoms with Crippen LogP contribution in [0.5, 0.6) is 5.75 Å². The zero-order valence-electron chi connectivity index (χ0n) is 10.8. The van der Waals surface area contributed by atoms with Crippen molar-refractivity contribution in [1.29, 1.82) is 0 Å². The van der Waals surface area contributed by atoms with Gasteiger partial charge in [0.25, 0.3) is 0 Å². The molecule has 2 aromatic rings. The zero-order chi connectivity index (χ0) is 13.8. The Hall–Kier alpha value is -2.43. The molecule has 98 valence electrons. The second-order valence-electron chi connectivity index (χ2n) is 4.25. The van der Waals surface area contributed by atoms with Crippen LogP contribution in [0.25, 0.3) is 0 Å². The summed E-state index contributed by atoms with van der Waals surface area (Å²) in [5, 5.41) is 9.02. The minimum absolute atomic E-state index is 0.0623. The van der Waals surface area contributed by atoms with Crippen molar-refractivity contribution in [2.75, 3.05) is 0 Å². The molecule has 5 nitrogen and oxygen atoms in total. The van der Waals surface area contributed by atoms with Crippen LogP contribution in [0, 0.1) is 13.8 Å². The molecule has 0 aliphatic rings. The molecule has 0 fully saturated rings. The third-order valence-corrected chi connectivity index (χ3v) is 2.72. The number of nitrogens with zero attached hydrogens (tertiary/aromatic N) is 2. The van der Waals surface area contributed by atoms with E-state index in [2.05, 4.69) is 9.97 Å². The molecule has 0 spiro atoms. The summed E-state index contributed by atoms with van der Waals surface area (Å²) < 4.78 is 5.62. The van der Waals surface area contributed by atoms with Gasteiger partial charge in [-0.05, 0) is 25.5 Å². The van der Waals surface area contributed by atoms with E-state index >= 15 is 0 Å². The topological polar surface area (TPSA) is 72.3 Å². The Morgan fingerprint density at radius 2 is 2.16 bits per heavy atom. The minimum atomic E-state index is -1.06. The fourth-order valence-corrected chi connectivity index (χ4v) is 1.76. The molecule has 1 aromatic carbocycles. The average Bonchev–Trinajstić information content (AvgIpc) is 2.38. The van der Waals surface area contributed by atoms with Gasteiger partial charge in [0, 0.05) is 6.20 Å². The van der Waals surface area contributed by atoms with Gasteiger partial charge in [0.05, 0.1) is 5.69 Å². The van der Waals surface area contributed by atoms with E-state index in [0.717, 1.165) is 16.9 Å². The number of aromatic nitrogens is 2. The first-order valence-electron chi connectivity index (χ1n) is 5.80. The largest absolute Gasteiger partial charge is 0.487 e. The molecule has 0 saturated heterocycles. The summed E-state index contributed by atoms with van der Waals surface area (Å²) in [7, 11) is 0. The fraction of sp³-hybridized carbons (Fsp3) is 0.214. The highest BCUT2D eigenvalue weighted by Crippen LogP contribution is 2.20. The molecule has 0 saturated carbocycles. The van der Waals surface area contributed by atoms with Crippen LogP contribution in [0.3, 0.4) is 0 Å². The number of aryl methyl sites for hydroxylation is 2. The van der Waals surface area contributed by atoms with Gasteiger partial charge in [0.2, 0.25) is 0 Å². The summed E-state index contributed by atoms with van der Waals surface area (Å²) in [5.41, 5.74) is 2.58. The molecule has 0 atom stereocenters. The van der Waals surface area contributed by atoms with Gasteiger partial charge in [0.1, 0.15) is 24.2 Å². The van der Waals surface area contributed by atoms with Crippen molar-refractivity contribution >= 4 is 5.97 Å². The summed E-state index contributed by atoms with van der Waals surface area (Å²) in [4.78, 5) is 18.7. The van der Waals surface area contributed by atoms with E-state index in [9.17, 15) is 4.79 Å². The molecule has 1 heterocycles. The standard InChI is InChI=1S/C14H14N2O3/c1-9-3-4-13(10(2)5-9)19-7-12-11(14(17)18)6-15-8-16-12/h3-6,8H,7H2,1-2H3,(H,17,18). The lowest BCUT2D eigenvalue weighted by atomic mass is 10.1. The van der Waals surface area contributed by atoms with E-state index in [1.165, 1.54) is 12.5 Å². The number of carboxylic acids is 1. The third kappa shape index (κ3) is 3.07. The molecular formula is C14H14N2O3. The first-order chi connectivity index (χ1) is 9.08. The van der Waals surface area contributed by atoms with E-state index in [4.69, 9.17) is 9.84 Å². The molecule has 1 N–H and O–H groups in total. The summed E-state index contributed by atoms with van der Waals surface area (Å²) in [5.74, 6) is -0.333. The van der Waals surface area contributed by atoms with Gasteiger partial charge in [-0.3, -0.25) is 0 Å². The van der Waals surface area contributed by atoms with E-state index in [-0.39, 0.29) is 12.2 Å². The number of ether oxygens (including phenoxy) is 1. The molecule has 1 aromatic heterocycles. The van der Waals surface area contributed by atoms with Crippen molar-refractivity contribution in [3.05, 3.63) is 53.1 Å². The average molecular weight is 258 g/mol. The number of aromatic carboxylic acids is 1. The zero-order valence-corrected chi connectivity index (χ0v) is 10.8. The molecule has 0 radical (unpaired) electrons. The second-order valence-corrected chi connectivity index (χ2v) is 4.25. The summed E-state index contributed by atoms with van der Waals surface area (Å²) in [6.07, 6.45) is 2.59. The number of rotatable bonds is 4. The number of hydrogen-bond donors (Lipinski definition) is 1. The van der Waals surface area contributed by atoms with Gasteiger partial charge in [-0.25, -0.2) is 14.8 Å². The quantitative estimate of drug-likeness (QED) is 0.911. The van der Waals surface area contributed by atoms with Crippen LogP contribution in [0.1, 0.15) is 27.2 Å². The van der Waals surface area contributed by atoms with Crippen molar-refractivity contribution in [3.63, 3.8) is 0 Å². The minimum Gasteiger partial charge on any atom is -0.487 e. The maximum Gasteiger partial charge on any atom is 0.339 e. The van der Waals surface area contributed by atoms with Crippen LogP contribution in [0.2, 0.25) is 0 Å². The van der Waals surface area contributed by atoms with Crippen molar-refractivity contribution in [3.8, 4) is 5.75 Å². The molecule has 0 aliphatic carbocycles. The lowest BCUT2D eigenvalue weighted by molar-refractivity contribution is 0.0692. The number of carbonyl (C=O) groups is 1. The molecule has 2 rings (SSSR count). The maximum atomic E-state index is 11.0. The van der Waals surface area contributed by atoms with Crippen molar-refractivity contribution in [1.82, 2.24) is 9.97 Å². The number of hydrogen-bond acceptors (Lipinski definition) is 4. The molecule has 5 heteroatoms. The fourth-order valence-electron chi connectivity index (χ4n) is 1.76. The van der Waals surface area contributed by atoms with Crippen LogP contribution < -0.4 is 4.74 Å². The van der Waals surface area contributed by atoms with Crippen LogP contribution in [0.15, 0.2) is 30.7 Å². The Morgan fingerprint density at radius 3 is 2.84 bits per heavy atom. The van der Waals surface area contributed by atoms with E-state index in [0.29, 0.717) is 5.69 Å². The summed E-state index contributed by atoms with van der Waals surface area (Å²) in [6.45, 7) is 4.05. The second kappa shape index (κ2) is 5.48. The summed E-state index contributed by atoms with van der Waals surface area (Å²) in [6, 6.07) is 5.82. The molecular weight excluding hydrogens is 244 g/mol. The Morgan fingerprint density at radius 1 is 1.37 bits per heavy atom. The predicted octanol–water partition coefficient (Wildman–Crippen LogP) is 2.37. The predicted molar refractivity (Wildman–Crippen MR) is 69.2 cm³/mol. The lowest BCUT2D eigenvalue weighted by Crippen LogP contribution is -2.09. The van der Waals surface area contributed by atoms with Crippen molar-refractivity contribution in [2.45, 2.75) is 20.5 Å². The van der Waals surface area contributed by atoms with Gasteiger partial charge in [-0.2, -0.15) is 0 Å². The molecule has 19 heavy (non-hydrogen) atoms. The highest BCUT2D eigenvalue weighted by atomic mass is 16.5. The molecule has 0 unspecified atom stereocenters. The molecule has 0 amide bonds. The van der Waals surface area contributed by atoms with Crippen LogP contribution in [-0.2, 0) is 6.61 Å². The van der Waals surface area contributed by atoms with Gasteiger partial charge in [0.15, 0.2) is 0 Å². The van der Waals surface area contributed by atoms with Crippen LogP contribution in [0.4, 0.5) is 0 Å². The number of benzene rings is 1. The van der Waals surface area contributed by atoms with Gasteiger partial charge < -0.3 is 9.84 Å². The SMILES string of the molecule is Cc1ccc(OCc2ncncc2C(=O)O)c(C)c1. The monoisotopic (exact) mass is 258 g/mol. The third-order valence-electron chi connectivity index (χ3n) is 2.72. The lowest BCUT2D eigenvalue weighted by Gasteiger charge is -2.10. The Bertz CT molecular complexity index is 611. The number of carboxylic acid groups (broad SMARTS) is 1. The van der Waals surface area contributed by atoms with Gasteiger partial charge in [-0.15, -0.1) is 0 Å². The summed E-state index contributed by atoms with van der Waals surface area (Å²) >= 11 is 0. The smallest absolute Gasteiger partial charge is 0.339 e. The van der Waals surface area contributed by atoms with Crippen molar-refractivity contribution in [2.24, 2.45) is 0 Å². The van der Waals surface area contributed by atoms with E-state index in [1.54, 1.807) is 0 Å². The van der Waals surface area contributed by atoms with Gasteiger partial charge in [-0.1, -0.05) is 17.7 Å². The molecule has 0 aliphatic heterocycles.